The van der Waals surface area contributed by atoms with Crippen LogP contribution in [-0.4, -0.2) is 20.8 Å². The normalized spacial score (nSPS) is 11.2. The van der Waals surface area contributed by atoms with Crippen LogP contribution < -0.4 is 0 Å². The maximum Gasteiger partial charge on any atom is 0.374 e. The Balaban J connectivity index is 2.31. The van der Waals surface area contributed by atoms with E-state index in [9.17, 15) is 4.79 Å². The molecule has 5 nitrogen and oxygen atoms in total. The number of benzene rings is 1. The molecule has 1 aromatic carbocycles. The van der Waals surface area contributed by atoms with E-state index in [0.717, 1.165) is 27.7 Å². The molecule has 0 aliphatic rings. The van der Waals surface area contributed by atoms with Crippen LogP contribution in [0.4, 0.5) is 0 Å². The molecule has 2 aromatic heterocycles. The fourth-order valence-corrected chi connectivity index (χ4v) is 2.50. The minimum absolute atomic E-state index is 0.149. The Morgan fingerprint density at radius 2 is 2.05 bits per heavy atom. The molecular weight excluding hydrogens is 256 g/mol. The van der Waals surface area contributed by atoms with Crippen LogP contribution in [0.1, 0.15) is 21.8 Å². The molecule has 0 saturated heterocycles. The Bertz CT molecular complexity index is 827. The number of aromatic carboxylic acids is 1. The molecular formula is C15H14N2O3. The van der Waals surface area contributed by atoms with E-state index in [1.165, 1.54) is 6.07 Å². The highest BCUT2D eigenvalue weighted by molar-refractivity contribution is 5.98. The van der Waals surface area contributed by atoms with Gasteiger partial charge in [-0.15, -0.1) is 0 Å². The van der Waals surface area contributed by atoms with Crippen LogP contribution in [0.3, 0.4) is 0 Å². The van der Waals surface area contributed by atoms with Crippen molar-refractivity contribution < 1.29 is 14.4 Å². The highest BCUT2D eigenvalue weighted by atomic mass is 16.5. The van der Waals surface area contributed by atoms with Gasteiger partial charge in [0.25, 0.3) is 0 Å². The maximum atomic E-state index is 10.9. The fraction of sp³-hybridized carbons (Fsp3) is 0.200. The number of rotatable bonds is 2. The quantitative estimate of drug-likeness (QED) is 0.776. The molecule has 0 saturated carbocycles. The van der Waals surface area contributed by atoms with E-state index in [2.05, 4.69) is 27.9 Å². The van der Waals surface area contributed by atoms with Crippen molar-refractivity contribution in [3.05, 3.63) is 41.3 Å². The Morgan fingerprint density at radius 1 is 1.30 bits per heavy atom. The number of hydrogen-bond acceptors (Lipinski definition) is 3. The van der Waals surface area contributed by atoms with Gasteiger partial charge in [0.2, 0.25) is 5.76 Å². The lowest BCUT2D eigenvalue weighted by Gasteiger charge is -1.98. The third-order valence-electron chi connectivity index (χ3n) is 3.62. The summed E-state index contributed by atoms with van der Waals surface area (Å²) in [5, 5.41) is 13.9. The predicted molar refractivity (Wildman–Crippen MR) is 74.8 cm³/mol. The Hall–Kier alpha value is -2.56. The second kappa shape index (κ2) is 4.23. The fourth-order valence-electron chi connectivity index (χ4n) is 2.50. The third kappa shape index (κ3) is 1.71. The predicted octanol–water partition coefficient (Wildman–Crippen LogP) is 3.15. The summed E-state index contributed by atoms with van der Waals surface area (Å²) < 4.78 is 6.93. The van der Waals surface area contributed by atoms with Gasteiger partial charge in [-0.3, -0.25) is 0 Å². The first-order valence-corrected chi connectivity index (χ1v) is 6.25. The average molecular weight is 270 g/mol. The molecule has 3 rings (SSSR count). The summed E-state index contributed by atoms with van der Waals surface area (Å²) in [4.78, 5) is 10.9. The number of aryl methyl sites for hydroxylation is 2. The van der Waals surface area contributed by atoms with E-state index in [1.54, 1.807) is 0 Å². The Kier molecular flexibility index (Phi) is 2.64. The number of carboxylic acid groups (broad SMARTS) is 1. The standard InChI is InChI=1S/C15H14N2O3/c1-8-4-5-12-10(6-8)14(9(2)17(12)3)11-7-13(15(18)19)20-16-11/h4-7H,1-3H3,(H,18,19). The zero-order valence-electron chi connectivity index (χ0n) is 11.5. The van der Waals surface area contributed by atoms with Gasteiger partial charge in [0, 0.05) is 35.3 Å². The first-order valence-electron chi connectivity index (χ1n) is 6.25. The SMILES string of the molecule is Cc1ccc2c(c1)c(-c1cc(C(=O)O)on1)c(C)n2C. The van der Waals surface area contributed by atoms with Gasteiger partial charge in [-0.2, -0.15) is 0 Å². The van der Waals surface area contributed by atoms with Gasteiger partial charge in [0.05, 0.1) is 0 Å². The highest BCUT2D eigenvalue weighted by Gasteiger charge is 2.19. The summed E-state index contributed by atoms with van der Waals surface area (Å²) in [6.07, 6.45) is 0. The molecule has 0 atom stereocenters. The summed E-state index contributed by atoms with van der Waals surface area (Å²) >= 11 is 0. The summed E-state index contributed by atoms with van der Waals surface area (Å²) in [5.41, 5.74) is 4.73. The highest BCUT2D eigenvalue weighted by Crippen LogP contribution is 2.34. The number of hydrogen-bond donors (Lipinski definition) is 1. The molecule has 0 radical (unpaired) electrons. The van der Waals surface area contributed by atoms with Crippen molar-refractivity contribution in [2.24, 2.45) is 7.05 Å². The van der Waals surface area contributed by atoms with Crippen molar-refractivity contribution >= 4 is 16.9 Å². The second-order valence-electron chi connectivity index (χ2n) is 4.92. The van der Waals surface area contributed by atoms with Crippen molar-refractivity contribution in [2.45, 2.75) is 13.8 Å². The van der Waals surface area contributed by atoms with Gasteiger partial charge >= 0.3 is 5.97 Å². The molecule has 0 aliphatic carbocycles. The summed E-state index contributed by atoms with van der Waals surface area (Å²) in [7, 11) is 1.98. The first kappa shape index (κ1) is 12.5. The van der Waals surface area contributed by atoms with Crippen LogP contribution >= 0.6 is 0 Å². The van der Waals surface area contributed by atoms with E-state index in [0.29, 0.717) is 5.69 Å². The zero-order chi connectivity index (χ0) is 14.4. The smallest absolute Gasteiger partial charge is 0.374 e. The van der Waals surface area contributed by atoms with Crippen molar-refractivity contribution in [3.8, 4) is 11.3 Å². The first-order chi connectivity index (χ1) is 9.49. The number of carboxylic acids is 1. The summed E-state index contributed by atoms with van der Waals surface area (Å²) in [6, 6.07) is 7.65. The molecule has 0 amide bonds. The molecule has 2 heterocycles. The topological polar surface area (TPSA) is 68.3 Å². The van der Waals surface area contributed by atoms with Crippen LogP contribution in [0.15, 0.2) is 28.8 Å². The molecule has 0 unspecified atom stereocenters. The molecule has 102 valence electrons. The number of nitrogens with zero attached hydrogens (tertiary/aromatic N) is 2. The molecule has 0 aliphatic heterocycles. The lowest BCUT2D eigenvalue weighted by molar-refractivity contribution is 0.0652. The van der Waals surface area contributed by atoms with Crippen molar-refractivity contribution in [1.29, 1.82) is 0 Å². The molecule has 5 heteroatoms. The van der Waals surface area contributed by atoms with Crippen molar-refractivity contribution in [2.75, 3.05) is 0 Å². The Labute approximate surface area is 115 Å². The minimum Gasteiger partial charge on any atom is -0.475 e. The maximum absolute atomic E-state index is 10.9. The number of fused-ring (bicyclic) bond motifs is 1. The largest absolute Gasteiger partial charge is 0.475 e. The number of aromatic nitrogens is 2. The molecule has 20 heavy (non-hydrogen) atoms. The molecule has 0 spiro atoms. The van der Waals surface area contributed by atoms with Gasteiger partial charge < -0.3 is 14.2 Å². The molecule has 3 aromatic rings. The zero-order valence-corrected chi connectivity index (χ0v) is 11.5. The van der Waals surface area contributed by atoms with Gasteiger partial charge in [0.15, 0.2) is 0 Å². The minimum atomic E-state index is -1.11. The third-order valence-corrected chi connectivity index (χ3v) is 3.62. The van der Waals surface area contributed by atoms with E-state index >= 15 is 0 Å². The second-order valence-corrected chi connectivity index (χ2v) is 4.92. The number of carbonyl (C=O) groups is 1. The molecule has 0 fully saturated rings. The van der Waals surface area contributed by atoms with Crippen molar-refractivity contribution in [3.63, 3.8) is 0 Å². The van der Waals surface area contributed by atoms with Crippen LogP contribution in [0.5, 0.6) is 0 Å². The van der Waals surface area contributed by atoms with Crippen molar-refractivity contribution in [1.82, 2.24) is 9.72 Å². The lowest BCUT2D eigenvalue weighted by atomic mass is 10.1. The van der Waals surface area contributed by atoms with Gasteiger partial charge in [-0.1, -0.05) is 16.8 Å². The molecule has 1 N–H and O–H groups in total. The molecule has 0 bridgehead atoms. The van der Waals surface area contributed by atoms with Crippen LogP contribution in [0.25, 0.3) is 22.2 Å². The van der Waals surface area contributed by atoms with Gasteiger partial charge in [-0.25, -0.2) is 4.79 Å². The van der Waals surface area contributed by atoms with Crippen LogP contribution in [-0.2, 0) is 7.05 Å². The monoisotopic (exact) mass is 270 g/mol. The average Bonchev–Trinajstić information content (AvgIpc) is 2.95. The van der Waals surface area contributed by atoms with Crippen LogP contribution in [0, 0.1) is 13.8 Å². The van der Waals surface area contributed by atoms with Crippen LogP contribution in [0.2, 0.25) is 0 Å². The van der Waals surface area contributed by atoms with E-state index in [1.807, 2.05) is 20.9 Å². The van der Waals surface area contributed by atoms with E-state index in [4.69, 9.17) is 9.63 Å². The van der Waals surface area contributed by atoms with E-state index < -0.39 is 5.97 Å². The summed E-state index contributed by atoms with van der Waals surface area (Å²) in [6.45, 7) is 4.01. The summed E-state index contributed by atoms with van der Waals surface area (Å²) in [5.74, 6) is -1.26. The lowest BCUT2D eigenvalue weighted by Crippen LogP contribution is -1.92. The Morgan fingerprint density at radius 3 is 2.70 bits per heavy atom. The van der Waals surface area contributed by atoms with Gasteiger partial charge in [-0.05, 0) is 26.0 Å². The van der Waals surface area contributed by atoms with E-state index in [-0.39, 0.29) is 5.76 Å². The van der Waals surface area contributed by atoms with Gasteiger partial charge in [0.1, 0.15) is 5.69 Å².